The molecule has 6 nitrogen and oxygen atoms in total. The van der Waals surface area contributed by atoms with Gasteiger partial charge in [-0.3, -0.25) is 4.79 Å². The number of benzene rings is 2. The summed E-state index contributed by atoms with van der Waals surface area (Å²) in [5.74, 6) is 0.963. The van der Waals surface area contributed by atoms with Gasteiger partial charge in [0.2, 0.25) is 0 Å². The number of ether oxygens (including phenoxy) is 2. The Morgan fingerprint density at radius 3 is 2.39 bits per heavy atom. The van der Waals surface area contributed by atoms with Gasteiger partial charge in [-0.2, -0.15) is 0 Å². The van der Waals surface area contributed by atoms with Gasteiger partial charge in [-0.1, -0.05) is 0 Å². The predicted octanol–water partition coefficient (Wildman–Crippen LogP) is 2.84. The molecule has 0 fully saturated rings. The van der Waals surface area contributed by atoms with Crippen LogP contribution in [0.4, 0.5) is 0 Å². The van der Waals surface area contributed by atoms with E-state index in [0.717, 1.165) is 5.75 Å². The molecule has 0 atom stereocenters. The Labute approximate surface area is 132 Å². The van der Waals surface area contributed by atoms with Crippen LogP contribution in [0, 0.1) is 0 Å². The number of rotatable bonds is 4. The minimum absolute atomic E-state index is 0.152. The van der Waals surface area contributed by atoms with Crippen molar-refractivity contribution in [2.24, 2.45) is 5.73 Å². The van der Waals surface area contributed by atoms with Crippen LogP contribution in [-0.4, -0.2) is 23.1 Å². The number of nitrogens with two attached hydrogens (primary N) is 1. The molecule has 0 aliphatic heterocycles. The lowest BCUT2D eigenvalue weighted by molar-refractivity contribution is 0.0993. The van der Waals surface area contributed by atoms with Crippen LogP contribution in [-0.2, 0) is 0 Å². The summed E-state index contributed by atoms with van der Waals surface area (Å²) < 4.78 is 10.8. The van der Waals surface area contributed by atoms with Gasteiger partial charge in [0, 0.05) is 17.0 Å². The molecule has 2 aromatic carbocycles. The fourth-order valence-corrected chi connectivity index (χ4v) is 2.21. The maximum absolute atomic E-state index is 11.2. The molecule has 3 N–H and O–H groups in total. The summed E-state index contributed by atoms with van der Waals surface area (Å²) in [5.41, 5.74) is 5.01. The number of amides is 1. The quantitative estimate of drug-likeness (QED) is 0.772. The van der Waals surface area contributed by atoms with E-state index < -0.39 is 5.91 Å². The summed E-state index contributed by atoms with van der Waals surface area (Å²) in [6.07, 6.45) is 1.47. The number of nitrogens with zero attached hydrogens (tertiary/aromatic N) is 1. The van der Waals surface area contributed by atoms with Crippen molar-refractivity contribution in [1.29, 1.82) is 0 Å². The Morgan fingerprint density at radius 2 is 1.74 bits per heavy atom. The number of fused-ring (bicyclic) bond motifs is 1. The van der Waals surface area contributed by atoms with Gasteiger partial charge in [0.05, 0.1) is 7.11 Å². The van der Waals surface area contributed by atoms with E-state index in [-0.39, 0.29) is 11.4 Å². The van der Waals surface area contributed by atoms with Gasteiger partial charge < -0.3 is 20.3 Å². The summed E-state index contributed by atoms with van der Waals surface area (Å²) in [6, 6.07) is 12.2. The van der Waals surface area contributed by atoms with Crippen molar-refractivity contribution < 1.29 is 19.4 Å². The molecule has 0 aliphatic carbocycles. The highest BCUT2D eigenvalue weighted by molar-refractivity contribution is 6.00. The van der Waals surface area contributed by atoms with Crippen molar-refractivity contribution in [2.75, 3.05) is 7.11 Å². The molecule has 0 bridgehead atoms. The molecule has 1 aromatic heterocycles. The average molecular weight is 310 g/mol. The number of methoxy groups -OCH3 is 1. The van der Waals surface area contributed by atoms with E-state index in [9.17, 15) is 9.90 Å². The monoisotopic (exact) mass is 310 g/mol. The van der Waals surface area contributed by atoms with E-state index in [4.69, 9.17) is 15.2 Å². The number of carbonyl (C=O) groups excluding carboxylic acids is 1. The fourth-order valence-electron chi connectivity index (χ4n) is 2.21. The molecule has 3 rings (SSSR count). The van der Waals surface area contributed by atoms with Crippen molar-refractivity contribution in [1.82, 2.24) is 4.98 Å². The highest BCUT2D eigenvalue weighted by Crippen LogP contribution is 2.31. The molecular formula is C17H14N2O4. The van der Waals surface area contributed by atoms with Gasteiger partial charge in [0.15, 0.2) is 11.4 Å². The Morgan fingerprint density at radius 1 is 1.09 bits per heavy atom. The molecule has 116 valence electrons. The second kappa shape index (κ2) is 5.84. The van der Waals surface area contributed by atoms with Gasteiger partial charge in [-0.15, -0.1) is 0 Å². The lowest BCUT2D eigenvalue weighted by Gasteiger charge is -2.09. The summed E-state index contributed by atoms with van der Waals surface area (Å²) >= 11 is 0. The highest BCUT2D eigenvalue weighted by atomic mass is 16.5. The smallest absolute Gasteiger partial charge is 0.271 e. The molecule has 1 heterocycles. The van der Waals surface area contributed by atoms with Gasteiger partial charge in [0.25, 0.3) is 5.91 Å². The molecule has 0 aliphatic rings. The van der Waals surface area contributed by atoms with Crippen LogP contribution in [0.3, 0.4) is 0 Å². The SMILES string of the molecule is COc1ccc(Oc2ccc3c(O)c(C(N)=O)ncc3c2)cc1. The molecular weight excluding hydrogens is 296 g/mol. The van der Waals surface area contributed by atoms with E-state index in [1.54, 1.807) is 49.6 Å². The first kappa shape index (κ1) is 14.6. The van der Waals surface area contributed by atoms with Crippen LogP contribution in [0.5, 0.6) is 23.0 Å². The average Bonchev–Trinajstić information content (AvgIpc) is 2.55. The lowest BCUT2D eigenvalue weighted by Crippen LogP contribution is -2.13. The van der Waals surface area contributed by atoms with Crippen LogP contribution in [0.25, 0.3) is 10.8 Å². The van der Waals surface area contributed by atoms with Crippen molar-refractivity contribution in [2.45, 2.75) is 0 Å². The van der Waals surface area contributed by atoms with Gasteiger partial charge in [-0.25, -0.2) is 4.98 Å². The first-order valence-electron chi connectivity index (χ1n) is 6.82. The molecule has 23 heavy (non-hydrogen) atoms. The van der Waals surface area contributed by atoms with Crippen LogP contribution in [0.2, 0.25) is 0 Å². The summed E-state index contributed by atoms with van der Waals surface area (Å²) in [5, 5.41) is 11.2. The van der Waals surface area contributed by atoms with Crippen LogP contribution >= 0.6 is 0 Å². The van der Waals surface area contributed by atoms with E-state index in [2.05, 4.69) is 4.98 Å². The zero-order chi connectivity index (χ0) is 16.4. The number of primary amides is 1. The largest absolute Gasteiger partial charge is 0.505 e. The predicted molar refractivity (Wildman–Crippen MR) is 85.0 cm³/mol. The lowest BCUT2D eigenvalue weighted by atomic mass is 10.1. The number of aromatic nitrogens is 1. The third kappa shape index (κ3) is 2.87. The van der Waals surface area contributed by atoms with Crippen LogP contribution in [0.15, 0.2) is 48.7 Å². The highest BCUT2D eigenvalue weighted by Gasteiger charge is 2.13. The minimum Gasteiger partial charge on any atom is -0.505 e. The van der Waals surface area contributed by atoms with Crippen molar-refractivity contribution in [3.63, 3.8) is 0 Å². The number of hydrogen-bond donors (Lipinski definition) is 2. The molecule has 1 amide bonds. The maximum Gasteiger partial charge on any atom is 0.271 e. The Balaban J connectivity index is 1.93. The Kier molecular flexibility index (Phi) is 3.72. The topological polar surface area (TPSA) is 94.7 Å². The molecule has 0 radical (unpaired) electrons. The number of carbonyl (C=O) groups is 1. The van der Waals surface area contributed by atoms with Crippen molar-refractivity contribution in [3.8, 4) is 23.0 Å². The number of pyridine rings is 1. The van der Waals surface area contributed by atoms with Gasteiger partial charge >= 0.3 is 0 Å². The maximum atomic E-state index is 11.2. The van der Waals surface area contributed by atoms with Crippen LogP contribution in [0.1, 0.15) is 10.5 Å². The minimum atomic E-state index is -0.775. The normalized spacial score (nSPS) is 10.5. The van der Waals surface area contributed by atoms with Crippen molar-refractivity contribution in [3.05, 3.63) is 54.4 Å². The van der Waals surface area contributed by atoms with Gasteiger partial charge in [0.1, 0.15) is 17.2 Å². The molecule has 6 heteroatoms. The van der Waals surface area contributed by atoms with Gasteiger partial charge in [-0.05, 0) is 42.5 Å². The molecule has 0 spiro atoms. The molecule has 0 saturated carbocycles. The molecule has 0 unspecified atom stereocenters. The standard InChI is InChI=1S/C17H14N2O4/c1-22-11-2-4-12(5-3-11)23-13-6-7-14-10(8-13)9-19-15(16(14)20)17(18)21/h2-9,20H,1H3,(H2,18,21). The first-order chi connectivity index (χ1) is 11.1. The summed E-state index contributed by atoms with van der Waals surface area (Å²) in [6.45, 7) is 0. The summed E-state index contributed by atoms with van der Waals surface area (Å²) in [7, 11) is 1.60. The van der Waals surface area contributed by atoms with Crippen molar-refractivity contribution >= 4 is 16.7 Å². The zero-order valence-electron chi connectivity index (χ0n) is 12.3. The zero-order valence-corrected chi connectivity index (χ0v) is 12.3. The van der Waals surface area contributed by atoms with E-state index in [1.807, 2.05) is 0 Å². The third-order valence-corrected chi connectivity index (χ3v) is 3.36. The second-order valence-electron chi connectivity index (χ2n) is 4.85. The summed E-state index contributed by atoms with van der Waals surface area (Å²) in [4.78, 5) is 15.1. The number of aromatic hydroxyl groups is 1. The number of hydrogen-bond acceptors (Lipinski definition) is 5. The second-order valence-corrected chi connectivity index (χ2v) is 4.85. The fraction of sp³-hybridized carbons (Fsp3) is 0.0588. The van der Waals surface area contributed by atoms with E-state index >= 15 is 0 Å². The Hall–Kier alpha value is -3.28. The Bertz CT molecular complexity index is 876. The third-order valence-electron chi connectivity index (χ3n) is 3.36. The molecule has 0 saturated heterocycles. The molecule has 3 aromatic rings. The first-order valence-corrected chi connectivity index (χ1v) is 6.82. The van der Waals surface area contributed by atoms with E-state index in [1.165, 1.54) is 6.20 Å². The van der Waals surface area contributed by atoms with E-state index in [0.29, 0.717) is 22.3 Å². The van der Waals surface area contributed by atoms with Crippen LogP contribution < -0.4 is 15.2 Å².